The first-order valence-corrected chi connectivity index (χ1v) is 8.18. The van der Waals surface area contributed by atoms with Crippen LogP contribution in [0.15, 0.2) is 42.0 Å². The van der Waals surface area contributed by atoms with Gasteiger partial charge in [0.1, 0.15) is 11.6 Å². The standard InChI is InChI=1S/C17H13ClN2O3S/c1-2-23-17(22)11-3-5-13(6-4-11)20-16(21)12(10-19)9-14-7-8-15(18)24-14/h3-9H,2H2,1H3,(H,20,21)/b12-9+. The van der Waals surface area contributed by atoms with Crippen LogP contribution in [0.25, 0.3) is 6.08 Å². The summed E-state index contributed by atoms with van der Waals surface area (Å²) < 4.78 is 5.46. The number of ether oxygens (including phenoxy) is 1. The molecule has 1 aromatic heterocycles. The number of benzene rings is 1. The number of hydrogen-bond donors (Lipinski definition) is 1. The van der Waals surface area contributed by atoms with Gasteiger partial charge in [-0.05, 0) is 49.4 Å². The van der Waals surface area contributed by atoms with Gasteiger partial charge in [-0.3, -0.25) is 4.79 Å². The van der Waals surface area contributed by atoms with E-state index in [4.69, 9.17) is 21.6 Å². The largest absolute Gasteiger partial charge is 0.462 e. The van der Waals surface area contributed by atoms with Gasteiger partial charge in [-0.25, -0.2) is 4.79 Å². The van der Waals surface area contributed by atoms with Crippen LogP contribution < -0.4 is 5.32 Å². The van der Waals surface area contributed by atoms with Crippen molar-refractivity contribution in [2.24, 2.45) is 0 Å². The Bertz CT molecular complexity index is 819. The second-order valence-electron chi connectivity index (χ2n) is 4.56. The van der Waals surface area contributed by atoms with Gasteiger partial charge in [-0.1, -0.05) is 11.6 Å². The molecule has 24 heavy (non-hydrogen) atoms. The average Bonchev–Trinajstić information content (AvgIpc) is 2.98. The molecule has 0 radical (unpaired) electrons. The fourth-order valence-corrected chi connectivity index (χ4v) is 2.80. The van der Waals surface area contributed by atoms with Gasteiger partial charge in [0, 0.05) is 10.6 Å². The lowest BCUT2D eigenvalue weighted by atomic mass is 10.2. The molecule has 0 bridgehead atoms. The van der Waals surface area contributed by atoms with Crippen LogP contribution in [-0.2, 0) is 9.53 Å². The maximum atomic E-state index is 12.2. The van der Waals surface area contributed by atoms with Crippen LogP contribution in [0.5, 0.6) is 0 Å². The van der Waals surface area contributed by atoms with E-state index in [1.54, 1.807) is 43.3 Å². The van der Waals surface area contributed by atoms with E-state index >= 15 is 0 Å². The zero-order valence-electron chi connectivity index (χ0n) is 12.7. The number of thiophene rings is 1. The van der Waals surface area contributed by atoms with Crippen LogP contribution in [0.3, 0.4) is 0 Å². The summed E-state index contributed by atoms with van der Waals surface area (Å²) in [6.07, 6.45) is 1.47. The first kappa shape index (κ1) is 17.7. The fraction of sp³-hybridized carbons (Fsp3) is 0.118. The van der Waals surface area contributed by atoms with E-state index in [-0.39, 0.29) is 5.57 Å². The first-order valence-electron chi connectivity index (χ1n) is 6.99. The zero-order valence-corrected chi connectivity index (χ0v) is 14.3. The zero-order chi connectivity index (χ0) is 17.5. The Labute approximate surface area is 148 Å². The van der Waals surface area contributed by atoms with Crippen LogP contribution in [0.4, 0.5) is 5.69 Å². The third-order valence-electron chi connectivity index (χ3n) is 2.90. The Kier molecular flexibility index (Phi) is 6.13. The Morgan fingerprint density at radius 2 is 2.00 bits per heavy atom. The second kappa shape index (κ2) is 8.29. The van der Waals surface area contributed by atoms with Gasteiger partial charge < -0.3 is 10.1 Å². The number of anilines is 1. The summed E-state index contributed by atoms with van der Waals surface area (Å²) in [6.45, 7) is 2.02. The average molecular weight is 361 g/mol. The fourth-order valence-electron chi connectivity index (χ4n) is 1.80. The number of hydrogen-bond acceptors (Lipinski definition) is 5. The number of carbonyl (C=O) groups is 2. The molecule has 0 atom stereocenters. The predicted molar refractivity (Wildman–Crippen MR) is 93.9 cm³/mol. The third kappa shape index (κ3) is 4.69. The third-order valence-corrected chi connectivity index (χ3v) is 4.08. The molecule has 0 unspecified atom stereocenters. The summed E-state index contributed by atoms with van der Waals surface area (Å²) in [5.41, 5.74) is 0.820. The molecule has 5 nitrogen and oxygen atoms in total. The van der Waals surface area contributed by atoms with Gasteiger partial charge in [-0.2, -0.15) is 5.26 Å². The number of esters is 1. The number of amides is 1. The first-order chi connectivity index (χ1) is 11.5. The van der Waals surface area contributed by atoms with E-state index < -0.39 is 11.9 Å². The lowest BCUT2D eigenvalue weighted by molar-refractivity contribution is -0.112. The van der Waals surface area contributed by atoms with Crippen molar-refractivity contribution in [3.63, 3.8) is 0 Å². The number of rotatable bonds is 5. The van der Waals surface area contributed by atoms with E-state index in [9.17, 15) is 9.59 Å². The number of halogens is 1. The van der Waals surface area contributed by atoms with Crippen molar-refractivity contribution < 1.29 is 14.3 Å². The highest BCUT2D eigenvalue weighted by Crippen LogP contribution is 2.23. The van der Waals surface area contributed by atoms with E-state index in [2.05, 4.69) is 5.32 Å². The molecule has 0 aliphatic carbocycles. The highest BCUT2D eigenvalue weighted by Gasteiger charge is 2.11. The molecule has 7 heteroatoms. The van der Waals surface area contributed by atoms with E-state index in [0.29, 0.717) is 27.1 Å². The Morgan fingerprint density at radius 1 is 1.29 bits per heavy atom. The predicted octanol–water partition coefficient (Wildman–Crippen LogP) is 4.12. The molecule has 2 aromatic rings. The molecule has 0 saturated heterocycles. The second-order valence-corrected chi connectivity index (χ2v) is 6.31. The normalized spacial score (nSPS) is 10.8. The van der Waals surface area contributed by atoms with E-state index in [1.807, 2.05) is 6.07 Å². The van der Waals surface area contributed by atoms with Gasteiger partial charge >= 0.3 is 5.97 Å². The molecule has 0 spiro atoms. The van der Waals surface area contributed by atoms with Crippen molar-refractivity contribution in [3.8, 4) is 6.07 Å². The van der Waals surface area contributed by atoms with Gasteiger partial charge in [0.15, 0.2) is 0 Å². The highest BCUT2D eigenvalue weighted by molar-refractivity contribution is 7.17. The van der Waals surface area contributed by atoms with Gasteiger partial charge in [-0.15, -0.1) is 11.3 Å². The number of nitriles is 1. The molecule has 122 valence electrons. The maximum absolute atomic E-state index is 12.2. The van der Waals surface area contributed by atoms with Crippen LogP contribution in [0.1, 0.15) is 22.2 Å². The lowest BCUT2D eigenvalue weighted by Crippen LogP contribution is -2.13. The summed E-state index contributed by atoms with van der Waals surface area (Å²) >= 11 is 7.10. The van der Waals surface area contributed by atoms with Crippen LogP contribution >= 0.6 is 22.9 Å². The number of nitrogens with one attached hydrogen (secondary N) is 1. The van der Waals surface area contributed by atoms with E-state index in [0.717, 1.165) is 0 Å². The Hall–Kier alpha value is -2.62. The summed E-state index contributed by atoms with van der Waals surface area (Å²) in [7, 11) is 0. The molecule has 0 saturated carbocycles. The molecule has 1 amide bonds. The minimum Gasteiger partial charge on any atom is -0.462 e. The van der Waals surface area contributed by atoms with Crippen molar-refractivity contribution >= 4 is 46.6 Å². The van der Waals surface area contributed by atoms with Gasteiger partial charge in [0.2, 0.25) is 0 Å². The smallest absolute Gasteiger partial charge is 0.338 e. The molecule has 1 heterocycles. The number of nitrogens with zero attached hydrogens (tertiary/aromatic N) is 1. The molecular formula is C17H13ClN2O3S. The van der Waals surface area contributed by atoms with Crippen molar-refractivity contribution in [1.29, 1.82) is 5.26 Å². The van der Waals surface area contributed by atoms with Crippen LogP contribution in [0, 0.1) is 11.3 Å². The molecule has 1 aromatic carbocycles. The molecule has 0 aliphatic heterocycles. The summed E-state index contributed by atoms with van der Waals surface area (Å²) in [4.78, 5) is 24.4. The van der Waals surface area contributed by atoms with Crippen LogP contribution in [0.2, 0.25) is 4.34 Å². The quantitative estimate of drug-likeness (QED) is 0.494. The number of carbonyl (C=O) groups excluding carboxylic acids is 2. The Balaban J connectivity index is 2.09. The minimum atomic E-state index is -0.536. The maximum Gasteiger partial charge on any atom is 0.338 e. The minimum absolute atomic E-state index is 0.0389. The van der Waals surface area contributed by atoms with Crippen LogP contribution in [-0.4, -0.2) is 18.5 Å². The highest BCUT2D eigenvalue weighted by atomic mass is 35.5. The van der Waals surface area contributed by atoms with Crippen molar-refractivity contribution in [2.75, 3.05) is 11.9 Å². The summed E-state index contributed by atoms with van der Waals surface area (Å²) in [6, 6.07) is 11.5. The van der Waals surface area contributed by atoms with Gasteiger partial charge in [0.25, 0.3) is 5.91 Å². The molecule has 0 fully saturated rings. The summed E-state index contributed by atoms with van der Waals surface area (Å²) in [5, 5.41) is 11.8. The van der Waals surface area contributed by atoms with Crippen molar-refractivity contribution in [2.45, 2.75) is 6.92 Å². The lowest BCUT2D eigenvalue weighted by Gasteiger charge is -2.06. The molecular weight excluding hydrogens is 348 g/mol. The Morgan fingerprint density at radius 3 is 2.54 bits per heavy atom. The summed E-state index contributed by atoms with van der Waals surface area (Å²) in [5.74, 6) is -0.964. The molecule has 2 rings (SSSR count). The van der Waals surface area contributed by atoms with Crippen molar-refractivity contribution in [1.82, 2.24) is 0 Å². The van der Waals surface area contributed by atoms with E-state index in [1.165, 1.54) is 17.4 Å². The monoisotopic (exact) mass is 360 g/mol. The molecule has 0 aliphatic rings. The van der Waals surface area contributed by atoms with Gasteiger partial charge in [0.05, 0.1) is 16.5 Å². The molecule has 1 N–H and O–H groups in total. The SMILES string of the molecule is CCOC(=O)c1ccc(NC(=O)/C(C#N)=C/c2ccc(Cl)s2)cc1. The van der Waals surface area contributed by atoms with Crippen molar-refractivity contribution in [3.05, 3.63) is 56.7 Å². The topological polar surface area (TPSA) is 79.2 Å².